The minimum Gasteiger partial charge on any atom is -0.493 e. The molecule has 2 aliphatic rings. The van der Waals surface area contributed by atoms with Crippen LogP contribution in [0, 0.1) is 5.92 Å². The van der Waals surface area contributed by atoms with Crippen LogP contribution >= 0.6 is 0 Å². The highest BCUT2D eigenvalue weighted by Crippen LogP contribution is 2.30. The first kappa shape index (κ1) is 26.3. The van der Waals surface area contributed by atoms with Crippen LogP contribution < -0.4 is 9.47 Å². The minimum atomic E-state index is 0.0429. The zero-order chi connectivity index (χ0) is 25.3. The zero-order valence-electron chi connectivity index (χ0n) is 22.2. The molecule has 4 rings (SSSR count). The minimum absolute atomic E-state index is 0.0429. The van der Waals surface area contributed by atoms with Crippen molar-refractivity contribution in [1.82, 2.24) is 9.80 Å². The van der Waals surface area contributed by atoms with E-state index in [1.807, 2.05) is 35.2 Å². The molecule has 36 heavy (non-hydrogen) atoms. The molecule has 194 valence electrons. The van der Waals surface area contributed by atoms with Gasteiger partial charge in [-0.1, -0.05) is 61.2 Å². The molecule has 0 N–H and O–H groups in total. The van der Waals surface area contributed by atoms with Gasteiger partial charge in [0.25, 0.3) is 5.91 Å². The van der Waals surface area contributed by atoms with E-state index in [1.54, 1.807) is 20.3 Å². The van der Waals surface area contributed by atoms with E-state index in [-0.39, 0.29) is 5.91 Å². The largest absolute Gasteiger partial charge is 0.493 e. The van der Waals surface area contributed by atoms with Crippen LogP contribution in [0.4, 0.5) is 0 Å². The molecule has 0 unspecified atom stereocenters. The third kappa shape index (κ3) is 6.91. The lowest BCUT2D eigenvalue weighted by Gasteiger charge is -2.34. The molecule has 2 aromatic rings. The van der Waals surface area contributed by atoms with Crippen molar-refractivity contribution in [3.8, 4) is 11.5 Å². The van der Waals surface area contributed by atoms with Gasteiger partial charge in [0.05, 0.1) is 14.2 Å². The number of rotatable bonds is 10. The van der Waals surface area contributed by atoms with Gasteiger partial charge in [-0.3, -0.25) is 9.69 Å². The van der Waals surface area contributed by atoms with Crippen molar-refractivity contribution >= 4 is 12.0 Å². The van der Waals surface area contributed by atoms with E-state index >= 15 is 0 Å². The number of hydrogen-bond donors (Lipinski definition) is 0. The summed E-state index contributed by atoms with van der Waals surface area (Å²) in [5.41, 5.74) is 2.97. The van der Waals surface area contributed by atoms with Crippen molar-refractivity contribution in [2.45, 2.75) is 57.9 Å². The molecule has 1 saturated heterocycles. The first-order chi connectivity index (χ1) is 17.6. The number of likely N-dealkylation sites (tertiary alicyclic amines) is 1. The average Bonchev–Trinajstić information content (AvgIpc) is 3.34. The van der Waals surface area contributed by atoms with Gasteiger partial charge in [0, 0.05) is 31.2 Å². The van der Waals surface area contributed by atoms with E-state index in [0.29, 0.717) is 29.6 Å². The highest BCUT2D eigenvalue weighted by atomic mass is 16.5. The molecule has 1 heterocycles. The van der Waals surface area contributed by atoms with Crippen LogP contribution in [0.5, 0.6) is 11.5 Å². The van der Waals surface area contributed by atoms with Gasteiger partial charge in [0.1, 0.15) is 0 Å². The summed E-state index contributed by atoms with van der Waals surface area (Å²) in [6.45, 7) is 5.81. The van der Waals surface area contributed by atoms with E-state index < -0.39 is 0 Å². The Morgan fingerprint density at radius 3 is 2.44 bits per heavy atom. The molecule has 1 aliphatic heterocycles. The molecular formula is C31H42N2O3. The monoisotopic (exact) mass is 490 g/mol. The van der Waals surface area contributed by atoms with E-state index in [4.69, 9.17) is 9.47 Å². The molecule has 5 heteroatoms. The highest BCUT2D eigenvalue weighted by Gasteiger charge is 2.31. The maximum absolute atomic E-state index is 13.9. The van der Waals surface area contributed by atoms with Gasteiger partial charge in [-0.05, 0) is 68.8 Å². The van der Waals surface area contributed by atoms with Crippen molar-refractivity contribution in [1.29, 1.82) is 0 Å². The number of carbonyl (C=O) groups is 1. The number of hydrogen-bond acceptors (Lipinski definition) is 4. The average molecular weight is 491 g/mol. The van der Waals surface area contributed by atoms with E-state index in [9.17, 15) is 4.79 Å². The standard InChI is InChI=1S/C31H42N2O3/c1-24(19-25-11-6-4-7-12-25)21-33(31(34)27-16-17-29(35-2)30(20-27)36-3)23-28-15-10-18-32(28)22-26-13-8-5-9-14-26/h4,6-7,11-12,16-17,19-20,26,28H,5,8-10,13-15,18,21-23H2,1-3H3/b24-19+/t28-/m0/s1. The van der Waals surface area contributed by atoms with Gasteiger partial charge in [0.15, 0.2) is 11.5 Å². The lowest BCUT2D eigenvalue weighted by molar-refractivity contribution is 0.0709. The zero-order valence-corrected chi connectivity index (χ0v) is 22.2. The van der Waals surface area contributed by atoms with Gasteiger partial charge in [-0.15, -0.1) is 0 Å². The summed E-state index contributed by atoms with van der Waals surface area (Å²) in [5.74, 6) is 2.07. The molecule has 0 aromatic heterocycles. The highest BCUT2D eigenvalue weighted by molar-refractivity contribution is 5.95. The summed E-state index contributed by atoms with van der Waals surface area (Å²) < 4.78 is 10.9. The van der Waals surface area contributed by atoms with Crippen molar-refractivity contribution in [2.24, 2.45) is 5.92 Å². The lowest BCUT2D eigenvalue weighted by Crippen LogP contribution is -2.45. The number of amides is 1. The van der Waals surface area contributed by atoms with Crippen LogP contribution in [0.15, 0.2) is 54.1 Å². The number of ether oxygens (including phenoxy) is 2. The number of methoxy groups -OCH3 is 2. The fourth-order valence-corrected chi connectivity index (χ4v) is 5.85. The fraction of sp³-hybridized carbons (Fsp3) is 0.516. The second-order valence-electron chi connectivity index (χ2n) is 10.5. The molecule has 0 spiro atoms. The maximum Gasteiger partial charge on any atom is 0.254 e. The number of carbonyl (C=O) groups excluding carboxylic acids is 1. The number of benzene rings is 2. The van der Waals surface area contributed by atoms with Crippen LogP contribution in [-0.4, -0.2) is 62.1 Å². The van der Waals surface area contributed by atoms with Gasteiger partial charge in [-0.25, -0.2) is 0 Å². The van der Waals surface area contributed by atoms with Crippen LogP contribution in [0.2, 0.25) is 0 Å². The predicted molar refractivity (Wildman–Crippen MR) is 147 cm³/mol. The molecule has 1 saturated carbocycles. The Morgan fingerprint density at radius 1 is 0.972 bits per heavy atom. The molecule has 1 atom stereocenters. The van der Waals surface area contributed by atoms with E-state index in [0.717, 1.165) is 31.0 Å². The lowest BCUT2D eigenvalue weighted by atomic mass is 9.89. The van der Waals surface area contributed by atoms with Crippen molar-refractivity contribution < 1.29 is 14.3 Å². The maximum atomic E-state index is 13.9. The number of nitrogens with zero attached hydrogens (tertiary/aromatic N) is 2. The second-order valence-corrected chi connectivity index (χ2v) is 10.5. The van der Waals surface area contributed by atoms with Crippen molar-refractivity contribution in [2.75, 3.05) is 40.4 Å². The predicted octanol–water partition coefficient (Wildman–Crippen LogP) is 6.29. The van der Waals surface area contributed by atoms with Gasteiger partial charge in [-0.2, -0.15) is 0 Å². The fourth-order valence-electron chi connectivity index (χ4n) is 5.85. The molecule has 5 nitrogen and oxygen atoms in total. The second kappa shape index (κ2) is 13.0. The Hall–Kier alpha value is -2.79. The van der Waals surface area contributed by atoms with Crippen LogP contribution in [0.25, 0.3) is 6.08 Å². The Labute approximate surface area is 217 Å². The third-order valence-corrected chi connectivity index (χ3v) is 7.72. The van der Waals surface area contributed by atoms with Crippen LogP contribution in [0.1, 0.15) is 67.8 Å². The topological polar surface area (TPSA) is 42.0 Å². The first-order valence-corrected chi connectivity index (χ1v) is 13.5. The SMILES string of the molecule is COc1ccc(C(=O)N(C/C(C)=C/c2ccccc2)C[C@@H]2CCCN2CC2CCCCC2)cc1OC. The van der Waals surface area contributed by atoms with Gasteiger partial charge in [0.2, 0.25) is 0 Å². The third-order valence-electron chi connectivity index (χ3n) is 7.72. The molecule has 0 radical (unpaired) electrons. The summed E-state index contributed by atoms with van der Waals surface area (Å²) in [4.78, 5) is 18.6. The van der Waals surface area contributed by atoms with Gasteiger partial charge < -0.3 is 14.4 Å². The Kier molecular flexibility index (Phi) is 9.46. The van der Waals surface area contributed by atoms with Gasteiger partial charge >= 0.3 is 0 Å². The Bertz CT molecular complexity index is 1010. The molecular weight excluding hydrogens is 448 g/mol. The first-order valence-electron chi connectivity index (χ1n) is 13.5. The summed E-state index contributed by atoms with van der Waals surface area (Å²) in [5, 5.41) is 0. The quantitative estimate of drug-likeness (QED) is 0.392. The summed E-state index contributed by atoms with van der Waals surface area (Å²) in [6, 6.07) is 16.2. The van der Waals surface area contributed by atoms with Crippen molar-refractivity contribution in [3.05, 3.63) is 65.2 Å². The summed E-state index contributed by atoms with van der Waals surface area (Å²) in [7, 11) is 3.22. The molecule has 2 fully saturated rings. The molecule has 1 aliphatic carbocycles. The van der Waals surface area contributed by atoms with Crippen LogP contribution in [-0.2, 0) is 0 Å². The van der Waals surface area contributed by atoms with E-state index in [1.165, 1.54) is 50.6 Å². The Balaban J connectivity index is 1.54. The molecule has 2 aromatic carbocycles. The van der Waals surface area contributed by atoms with Crippen LogP contribution in [0.3, 0.4) is 0 Å². The molecule has 1 amide bonds. The summed E-state index contributed by atoms with van der Waals surface area (Å²) >= 11 is 0. The normalized spacial score (nSPS) is 19.3. The van der Waals surface area contributed by atoms with E-state index in [2.05, 4.69) is 30.0 Å². The molecule has 0 bridgehead atoms. The van der Waals surface area contributed by atoms with Crippen molar-refractivity contribution in [3.63, 3.8) is 0 Å². The Morgan fingerprint density at radius 2 is 1.72 bits per heavy atom. The summed E-state index contributed by atoms with van der Waals surface area (Å²) in [6.07, 6.45) is 11.4. The smallest absolute Gasteiger partial charge is 0.254 e.